The molecule has 12 heavy (non-hydrogen) atoms. The van der Waals surface area contributed by atoms with E-state index in [1.54, 1.807) is 6.08 Å². The third-order valence-electron chi connectivity index (χ3n) is 1.62. The summed E-state index contributed by atoms with van der Waals surface area (Å²) in [7, 11) is 0. The van der Waals surface area contributed by atoms with E-state index in [1.165, 1.54) is 11.3 Å². The van der Waals surface area contributed by atoms with Crippen molar-refractivity contribution in [2.24, 2.45) is 0 Å². The molecule has 1 nitrogen and oxygen atoms in total. The zero-order valence-electron chi connectivity index (χ0n) is 6.88. The van der Waals surface area contributed by atoms with Crippen LogP contribution in [-0.4, -0.2) is 5.11 Å². The Morgan fingerprint density at radius 2 is 2.50 bits per heavy atom. The van der Waals surface area contributed by atoms with E-state index in [0.717, 1.165) is 10.4 Å². The number of thiophene rings is 1. The normalized spacial score (nSPS) is 12.9. The molecule has 0 saturated carbocycles. The number of aliphatic hydroxyl groups excluding tert-OH is 1. The van der Waals surface area contributed by atoms with Gasteiger partial charge in [0, 0.05) is 0 Å². The monoisotopic (exact) mass is 202 g/mol. The predicted octanol–water partition coefficient (Wildman–Crippen LogP) is 3.32. The fraction of sp³-hybridized carbons (Fsp3) is 0.333. The van der Waals surface area contributed by atoms with E-state index < -0.39 is 6.10 Å². The highest BCUT2D eigenvalue weighted by Crippen LogP contribution is 2.33. The highest BCUT2D eigenvalue weighted by molar-refractivity contribution is 7.10. The van der Waals surface area contributed by atoms with Gasteiger partial charge >= 0.3 is 0 Å². The van der Waals surface area contributed by atoms with Gasteiger partial charge in [-0.15, -0.1) is 17.9 Å². The highest BCUT2D eigenvalue weighted by atomic mass is 35.5. The maximum Gasteiger partial charge on any atom is 0.0931 e. The fourth-order valence-electron chi connectivity index (χ4n) is 0.939. The van der Waals surface area contributed by atoms with Gasteiger partial charge in [-0.25, -0.2) is 0 Å². The minimum absolute atomic E-state index is 0.492. The average molecular weight is 203 g/mol. The molecule has 0 radical (unpaired) electrons. The second-order valence-electron chi connectivity index (χ2n) is 2.64. The van der Waals surface area contributed by atoms with Crippen LogP contribution in [0.15, 0.2) is 18.0 Å². The Hall–Kier alpha value is -0.310. The standard InChI is InChI=1S/C9H11ClOS/c1-3-4-7(11)9-8(10)6(2)5-12-9/h3,5,7,11H,1,4H2,2H3. The highest BCUT2D eigenvalue weighted by Gasteiger charge is 2.13. The van der Waals surface area contributed by atoms with Crippen molar-refractivity contribution in [1.29, 1.82) is 0 Å². The van der Waals surface area contributed by atoms with Gasteiger partial charge in [-0.3, -0.25) is 0 Å². The number of aliphatic hydroxyl groups is 1. The lowest BCUT2D eigenvalue weighted by Gasteiger charge is -2.05. The molecule has 1 unspecified atom stereocenters. The first-order valence-electron chi connectivity index (χ1n) is 3.69. The zero-order valence-corrected chi connectivity index (χ0v) is 8.45. The zero-order chi connectivity index (χ0) is 9.14. The van der Waals surface area contributed by atoms with Gasteiger partial charge in [-0.1, -0.05) is 17.7 Å². The maximum absolute atomic E-state index is 9.57. The second kappa shape index (κ2) is 4.08. The molecule has 66 valence electrons. The van der Waals surface area contributed by atoms with Crippen molar-refractivity contribution < 1.29 is 5.11 Å². The predicted molar refractivity (Wildman–Crippen MR) is 53.8 cm³/mol. The Balaban J connectivity index is 2.87. The molecule has 1 aromatic heterocycles. The molecule has 1 rings (SSSR count). The van der Waals surface area contributed by atoms with Crippen molar-refractivity contribution in [3.05, 3.63) is 33.5 Å². The minimum atomic E-state index is -0.492. The van der Waals surface area contributed by atoms with Crippen LogP contribution in [0.1, 0.15) is 23.0 Å². The van der Waals surface area contributed by atoms with E-state index in [2.05, 4.69) is 6.58 Å². The van der Waals surface area contributed by atoms with Gasteiger partial charge < -0.3 is 5.11 Å². The summed E-state index contributed by atoms with van der Waals surface area (Å²) in [5.74, 6) is 0. The van der Waals surface area contributed by atoms with E-state index in [1.807, 2.05) is 12.3 Å². The van der Waals surface area contributed by atoms with E-state index in [4.69, 9.17) is 11.6 Å². The minimum Gasteiger partial charge on any atom is -0.387 e. The Kier molecular flexibility index (Phi) is 3.32. The molecule has 0 fully saturated rings. The average Bonchev–Trinajstić information content (AvgIpc) is 2.34. The van der Waals surface area contributed by atoms with Crippen LogP contribution in [0.5, 0.6) is 0 Å². The fourth-order valence-corrected chi connectivity index (χ4v) is 2.26. The number of halogens is 1. The summed E-state index contributed by atoms with van der Waals surface area (Å²) in [6.45, 7) is 5.50. The molecule has 1 atom stereocenters. The lowest BCUT2D eigenvalue weighted by molar-refractivity contribution is 0.185. The smallest absolute Gasteiger partial charge is 0.0931 e. The Morgan fingerprint density at radius 1 is 1.83 bits per heavy atom. The topological polar surface area (TPSA) is 20.2 Å². The van der Waals surface area contributed by atoms with Gasteiger partial charge in [0.05, 0.1) is 16.0 Å². The first-order chi connectivity index (χ1) is 5.66. The van der Waals surface area contributed by atoms with E-state index in [9.17, 15) is 5.11 Å². The van der Waals surface area contributed by atoms with Gasteiger partial charge in [0.15, 0.2) is 0 Å². The summed E-state index contributed by atoms with van der Waals surface area (Å²) in [6.07, 6.45) is 1.75. The van der Waals surface area contributed by atoms with Crippen LogP contribution < -0.4 is 0 Å². The van der Waals surface area contributed by atoms with Crippen molar-refractivity contribution in [1.82, 2.24) is 0 Å². The Morgan fingerprint density at radius 3 is 2.92 bits per heavy atom. The number of hydrogen-bond donors (Lipinski definition) is 1. The summed E-state index contributed by atoms with van der Waals surface area (Å²) in [4.78, 5) is 0.842. The molecule has 0 spiro atoms. The first kappa shape index (κ1) is 9.78. The molecule has 3 heteroatoms. The van der Waals surface area contributed by atoms with Crippen LogP contribution in [0.25, 0.3) is 0 Å². The van der Waals surface area contributed by atoms with Crippen LogP contribution >= 0.6 is 22.9 Å². The third kappa shape index (κ3) is 1.89. The molecule has 0 aromatic carbocycles. The molecule has 1 aromatic rings. The summed E-state index contributed by atoms with van der Waals surface area (Å²) < 4.78 is 0. The molecule has 0 amide bonds. The van der Waals surface area contributed by atoms with Crippen molar-refractivity contribution in [3.8, 4) is 0 Å². The lowest BCUT2D eigenvalue weighted by atomic mass is 10.2. The van der Waals surface area contributed by atoms with E-state index >= 15 is 0 Å². The largest absolute Gasteiger partial charge is 0.387 e. The van der Waals surface area contributed by atoms with Crippen molar-refractivity contribution in [3.63, 3.8) is 0 Å². The van der Waals surface area contributed by atoms with Gasteiger partial charge in [0.2, 0.25) is 0 Å². The maximum atomic E-state index is 9.57. The van der Waals surface area contributed by atoms with Crippen LogP contribution in [0.4, 0.5) is 0 Å². The molecule has 1 N–H and O–H groups in total. The lowest BCUT2D eigenvalue weighted by Crippen LogP contribution is -1.92. The molecule has 0 aliphatic rings. The van der Waals surface area contributed by atoms with Crippen molar-refractivity contribution in [2.75, 3.05) is 0 Å². The summed E-state index contributed by atoms with van der Waals surface area (Å²) in [6, 6.07) is 0. The van der Waals surface area contributed by atoms with E-state index in [-0.39, 0.29) is 0 Å². The quantitative estimate of drug-likeness (QED) is 0.746. The molecule has 0 aliphatic carbocycles. The van der Waals surface area contributed by atoms with Crippen LogP contribution in [0.3, 0.4) is 0 Å². The second-order valence-corrected chi connectivity index (χ2v) is 3.93. The molecular formula is C9H11ClOS. The van der Waals surface area contributed by atoms with Crippen LogP contribution in [0.2, 0.25) is 5.02 Å². The first-order valence-corrected chi connectivity index (χ1v) is 4.95. The van der Waals surface area contributed by atoms with Crippen molar-refractivity contribution in [2.45, 2.75) is 19.4 Å². The van der Waals surface area contributed by atoms with Gasteiger partial charge in [-0.05, 0) is 24.3 Å². The van der Waals surface area contributed by atoms with Gasteiger partial charge in [-0.2, -0.15) is 0 Å². The molecular weight excluding hydrogens is 192 g/mol. The molecule has 0 aliphatic heterocycles. The van der Waals surface area contributed by atoms with Crippen molar-refractivity contribution >= 4 is 22.9 Å². The molecule has 0 saturated heterocycles. The summed E-state index contributed by atoms with van der Waals surface area (Å²) in [5.41, 5.74) is 1.03. The number of hydrogen-bond acceptors (Lipinski definition) is 2. The molecule has 1 heterocycles. The Bertz CT molecular complexity index is 280. The number of aryl methyl sites for hydroxylation is 1. The van der Waals surface area contributed by atoms with E-state index in [0.29, 0.717) is 11.4 Å². The SMILES string of the molecule is C=CCC(O)c1scc(C)c1Cl. The van der Waals surface area contributed by atoms with Crippen LogP contribution in [-0.2, 0) is 0 Å². The summed E-state index contributed by atoms with van der Waals surface area (Å²) in [5, 5.41) is 12.2. The molecule has 0 bridgehead atoms. The van der Waals surface area contributed by atoms with Crippen LogP contribution in [0, 0.1) is 6.92 Å². The summed E-state index contributed by atoms with van der Waals surface area (Å²) >= 11 is 7.45. The number of rotatable bonds is 3. The van der Waals surface area contributed by atoms with Gasteiger partial charge in [0.1, 0.15) is 0 Å². The van der Waals surface area contributed by atoms with Gasteiger partial charge in [0.25, 0.3) is 0 Å². The third-order valence-corrected chi connectivity index (χ3v) is 3.43. The Labute approximate surface area is 81.3 Å².